The molecular weight excluding hydrogens is 264 g/mol. The number of halogens is 2. The molecule has 0 aliphatic carbocycles. The first-order chi connectivity index (χ1) is 9.34. The van der Waals surface area contributed by atoms with E-state index in [1.165, 1.54) is 0 Å². The molecule has 114 valence electrons. The Hall–Kier alpha value is -1.20. The Labute approximate surface area is 119 Å². The quantitative estimate of drug-likeness (QED) is 0.792. The first kappa shape index (κ1) is 16.9. The van der Waals surface area contributed by atoms with Crippen molar-refractivity contribution in [2.24, 2.45) is 0 Å². The van der Waals surface area contributed by atoms with Crippen molar-refractivity contribution in [1.29, 1.82) is 0 Å². The summed E-state index contributed by atoms with van der Waals surface area (Å²) in [4.78, 5) is 0. The third kappa shape index (κ3) is 5.84. The van der Waals surface area contributed by atoms with Crippen molar-refractivity contribution in [2.75, 3.05) is 7.11 Å². The molecule has 5 heteroatoms. The fourth-order valence-electron chi connectivity index (χ4n) is 2.04. The fraction of sp³-hybridized carbons (Fsp3) is 0.600. The molecule has 0 fully saturated rings. The third-order valence-electron chi connectivity index (χ3n) is 3.18. The average molecular weight is 287 g/mol. The lowest BCUT2D eigenvalue weighted by atomic mass is 9.99. The zero-order valence-electron chi connectivity index (χ0n) is 12.5. The molecule has 0 spiro atoms. The summed E-state index contributed by atoms with van der Waals surface area (Å²) in [6, 6.07) is 7.01. The van der Waals surface area contributed by atoms with Crippen molar-refractivity contribution >= 4 is 0 Å². The van der Waals surface area contributed by atoms with E-state index in [0.29, 0.717) is 6.54 Å². The molecule has 0 bridgehead atoms. The van der Waals surface area contributed by atoms with Crippen LogP contribution in [0.3, 0.4) is 0 Å². The molecule has 1 N–H and O–H groups in total. The average Bonchev–Trinajstić information content (AvgIpc) is 2.36. The van der Waals surface area contributed by atoms with Gasteiger partial charge in [-0.2, -0.15) is 8.78 Å². The van der Waals surface area contributed by atoms with Gasteiger partial charge in [0.1, 0.15) is 5.75 Å². The minimum absolute atomic E-state index is 0.199. The highest BCUT2D eigenvalue weighted by atomic mass is 19.3. The van der Waals surface area contributed by atoms with Gasteiger partial charge in [-0.3, -0.25) is 0 Å². The van der Waals surface area contributed by atoms with Crippen molar-refractivity contribution in [2.45, 2.75) is 52.0 Å². The van der Waals surface area contributed by atoms with Crippen LogP contribution in [0.4, 0.5) is 8.78 Å². The summed E-state index contributed by atoms with van der Waals surface area (Å²) < 4.78 is 34.5. The number of hydrogen-bond acceptors (Lipinski definition) is 3. The van der Waals surface area contributed by atoms with Crippen molar-refractivity contribution in [3.8, 4) is 5.75 Å². The maximum atomic E-state index is 12.3. The van der Waals surface area contributed by atoms with Crippen LogP contribution in [-0.2, 0) is 11.3 Å². The molecule has 1 unspecified atom stereocenters. The molecule has 1 rings (SSSR count). The lowest BCUT2D eigenvalue weighted by Crippen LogP contribution is -2.35. The second-order valence-electron chi connectivity index (χ2n) is 5.44. The number of ether oxygens (including phenoxy) is 2. The van der Waals surface area contributed by atoms with Crippen LogP contribution >= 0.6 is 0 Å². The van der Waals surface area contributed by atoms with Gasteiger partial charge in [0.15, 0.2) is 0 Å². The van der Waals surface area contributed by atoms with E-state index in [0.717, 1.165) is 12.0 Å². The molecule has 0 saturated carbocycles. The van der Waals surface area contributed by atoms with Crippen LogP contribution in [-0.4, -0.2) is 25.4 Å². The summed E-state index contributed by atoms with van der Waals surface area (Å²) in [5.74, 6) is 0.216. The summed E-state index contributed by atoms with van der Waals surface area (Å²) in [7, 11) is 1.68. The number of alkyl halides is 2. The van der Waals surface area contributed by atoms with E-state index in [1.807, 2.05) is 20.8 Å². The van der Waals surface area contributed by atoms with E-state index < -0.39 is 6.61 Å². The van der Waals surface area contributed by atoms with Crippen LogP contribution in [0, 0.1) is 0 Å². The third-order valence-corrected chi connectivity index (χ3v) is 3.18. The Bertz CT molecular complexity index is 411. The van der Waals surface area contributed by atoms with Crippen LogP contribution in [0.5, 0.6) is 5.75 Å². The highest BCUT2D eigenvalue weighted by molar-refractivity contribution is 5.33. The van der Waals surface area contributed by atoms with Crippen molar-refractivity contribution < 1.29 is 18.3 Å². The lowest BCUT2D eigenvalue weighted by Gasteiger charge is -2.27. The number of benzene rings is 1. The molecule has 0 aliphatic heterocycles. The van der Waals surface area contributed by atoms with Crippen LogP contribution in [0.2, 0.25) is 0 Å². The largest absolute Gasteiger partial charge is 0.434 e. The summed E-state index contributed by atoms with van der Waals surface area (Å²) in [6.07, 6.45) is 0.821. The van der Waals surface area contributed by atoms with Gasteiger partial charge in [0, 0.05) is 25.3 Å². The molecule has 20 heavy (non-hydrogen) atoms. The molecule has 1 atom stereocenters. The van der Waals surface area contributed by atoms with Gasteiger partial charge < -0.3 is 14.8 Å². The van der Waals surface area contributed by atoms with Crippen LogP contribution in [0.15, 0.2) is 24.3 Å². The highest BCUT2D eigenvalue weighted by Gasteiger charge is 2.20. The van der Waals surface area contributed by atoms with Gasteiger partial charge in [-0.05, 0) is 33.3 Å². The molecule has 1 aromatic rings. The van der Waals surface area contributed by atoms with Gasteiger partial charge in [-0.25, -0.2) is 0 Å². The highest BCUT2D eigenvalue weighted by Crippen LogP contribution is 2.21. The van der Waals surface area contributed by atoms with E-state index >= 15 is 0 Å². The van der Waals surface area contributed by atoms with Crippen LogP contribution in [0.1, 0.15) is 32.8 Å². The minimum Gasteiger partial charge on any atom is -0.434 e. The Balaban J connectivity index is 2.57. The normalized spacial score (nSPS) is 13.6. The smallest absolute Gasteiger partial charge is 0.387 e. The molecule has 0 aromatic heterocycles. The van der Waals surface area contributed by atoms with Crippen LogP contribution in [0.25, 0.3) is 0 Å². The van der Waals surface area contributed by atoms with Gasteiger partial charge in [0.25, 0.3) is 0 Å². The molecule has 3 nitrogen and oxygen atoms in total. The number of rotatable bonds is 8. The molecule has 1 aromatic carbocycles. The Kier molecular flexibility index (Phi) is 6.36. The zero-order chi connectivity index (χ0) is 15.2. The topological polar surface area (TPSA) is 30.5 Å². The maximum Gasteiger partial charge on any atom is 0.387 e. The van der Waals surface area contributed by atoms with Gasteiger partial charge in [0.05, 0.1) is 5.60 Å². The second kappa shape index (κ2) is 7.55. The molecule has 0 radical (unpaired) electrons. The Morgan fingerprint density at radius 1 is 1.25 bits per heavy atom. The molecule has 0 heterocycles. The van der Waals surface area contributed by atoms with E-state index in [2.05, 4.69) is 10.1 Å². The maximum absolute atomic E-state index is 12.3. The summed E-state index contributed by atoms with van der Waals surface area (Å²) >= 11 is 0. The molecule has 0 amide bonds. The van der Waals surface area contributed by atoms with Gasteiger partial charge >= 0.3 is 6.61 Å². The minimum atomic E-state index is -2.80. The number of nitrogens with one attached hydrogen (secondary N) is 1. The predicted molar refractivity (Wildman–Crippen MR) is 75.1 cm³/mol. The Morgan fingerprint density at radius 3 is 2.50 bits per heavy atom. The number of hydrogen-bond donors (Lipinski definition) is 1. The summed E-state index contributed by atoms with van der Waals surface area (Å²) in [5, 5.41) is 3.30. The standard InChI is InChI=1S/C15H23F2NO2/c1-11(9-15(2,3)19-4)18-10-12-7-5-6-8-13(12)20-14(16)17/h5-8,11,14,18H,9-10H2,1-4H3. The van der Waals surface area contributed by atoms with Gasteiger partial charge in [-0.1, -0.05) is 18.2 Å². The first-order valence-electron chi connectivity index (χ1n) is 6.65. The SMILES string of the molecule is COC(C)(C)CC(C)NCc1ccccc1OC(F)F. The van der Waals surface area contributed by atoms with E-state index in [1.54, 1.807) is 31.4 Å². The van der Waals surface area contributed by atoms with Crippen molar-refractivity contribution in [3.63, 3.8) is 0 Å². The van der Waals surface area contributed by atoms with E-state index in [9.17, 15) is 8.78 Å². The molecule has 0 aliphatic rings. The van der Waals surface area contributed by atoms with E-state index in [4.69, 9.17) is 4.74 Å². The summed E-state index contributed by atoms with van der Waals surface area (Å²) in [6.45, 7) is 3.74. The monoisotopic (exact) mass is 287 g/mol. The van der Waals surface area contributed by atoms with Crippen molar-refractivity contribution in [3.05, 3.63) is 29.8 Å². The van der Waals surface area contributed by atoms with Crippen molar-refractivity contribution in [1.82, 2.24) is 5.32 Å². The first-order valence-corrected chi connectivity index (χ1v) is 6.65. The van der Waals surface area contributed by atoms with Gasteiger partial charge in [0.2, 0.25) is 0 Å². The second-order valence-corrected chi connectivity index (χ2v) is 5.44. The van der Waals surface area contributed by atoms with E-state index in [-0.39, 0.29) is 17.4 Å². The number of para-hydroxylation sites is 1. The zero-order valence-corrected chi connectivity index (χ0v) is 12.5. The summed E-state index contributed by atoms with van der Waals surface area (Å²) in [5.41, 5.74) is 0.501. The van der Waals surface area contributed by atoms with Gasteiger partial charge in [-0.15, -0.1) is 0 Å². The number of methoxy groups -OCH3 is 1. The molecular formula is C15H23F2NO2. The van der Waals surface area contributed by atoms with Crippen LogP contribution < -0.4 is 10.1 Å². The fourth-order valence-corrected chi connectivity index (χ4v) is 2.04. The lowest BCUT2D eigenvalue weighted by molar-refractivity contribution is -0.0505. The Morgan fingerprint density at radius 2 is 1.90 bits per heavy atom. The predicted octanol–water partition coefficient (Wildman–Crippen LogP) is 3.58. The molecule has 0 saturated heterocycles.